The van der Waals surface area contributed by atoms with Gasteiger partial charge in [-0.05, 0) is 11.1 Å². The Morgan fingerprint density at radius 2 is 1.14 bits per heavy atom. The van der Waals surface area contributed by atoms with Crippen LogP contribution in [0.2, 0.25) is 0 Å². The van der Waals surface area contributed by atoms with Crippen molar-refractivity contribution >= 4 is 29.1 Å². The highest BCUT2D eigenvalue weighted by molar-refractivity contribution is 5.83. The van der Waals surface area contributed by atoms with Crippen molar-refractivity contribution in [1.82, 2.24) is 20.8 Å². The summed E-state index contributed by atoms with van der Waals surface area (Å²) in [5.41, 5.74) is 18.3. The number of carbonyl (C=O) groups is 2. The smallest absolute Gasteiger partial charge is 0.242 e. The standard InChI is InChI=1S/C20H21N7O2/c21-18-19(26-24-16(28)11-14-7-3-1-4-8-14)22-13-23-20(18)27-25-17(29)12-15-9-5-2-6-10-15/h1-10,13H,11-12,21H2,(H,24,28)(H,25,29)(H2,22,23,26,27). The van der Waals surface area contributed by atoms with Crippen LogP contribution in [0.25, 0.3) is 0 Å². The van der Waals surface area contributed by atoms with Crippen LogP contribution in [0.5, 0.6) is 0 Å². The lowest BCUT2D eigenvalue weighted by atomic mass is 10.1. The van der Waals surface area contributed by atoms with Gasteiger partial charge in [0.15, 0.2) is 11.6 Å². The van der Waals surface area contributed by atoms with E-state index in [1.54, 1.807) is 0 Å². The van der Waals surface area contributed by atoms with Crippen molar-refractivity contribution in [2.75, 3.05) is 16.6 Å². The molecule has 2 amide bonds. The molecular weight excluding hydrogens is 370 g/mol. The van der Waals surface area contributed by atoms with Gasteiger partial charge in [0.1, 0.15) is 12.0 Å². The molecule has 1 aromatic heterocycles. The van der Waals surface area contributed by atoms with Gasteiger partial charge in [-0.2, -0.15) is 0 Å². The number of hydrogen-bond acceptors (Lipinski definition) is 7. The van der Waals surface area contributed by atoms with Gasteiger partial charge < -0.3 is 5.73 Å². The Bertz CT molecular complexity index is 889. The highest BCUT2D eigenvalue weighted by atomic mass is 16.2. The van der Waals surface area contributed by atoms with Crippen molar-refractivity contribution in [2.45, 2.75) is 12.8 Å². The second-order valence-electron chi connectivity index (χ2n) is 6.16. The summed E-state index contributed by atoms with van der Waals surface area (Å²) in [6.45, 7) is 0. The molecular formula is C20H21N7O2. The lowest BCUT2D eigenvalue weighted by Gasteiger charge is -2.13. The number of rotatable bonds is 8. The van der Waals surface area contributed by atoms with E-state index in [1.165, 1.54) is 6.33 Å². The number of aromatic nitrogens is 2. The Morgan fingerprint density at radius 1 is 0.724 bits per heavy atom. The number of anilines is 3. The van der Waals surface area contributed by atoms with Crippen molar-refractivity contribution in [1.29, 1.82) is 0 Å². The fourth-order valence-corrected chi connectivity index (χ4v) is 2.50. The third-order valence-corrected chi connectivity index (χ3v) is 3.94. The third kappa shape index (κ3) is 5.93. The Balaban J connectivity index is 1.52. The van der Waals surface area contributed by atoms with Crippen LogP contribution in [0.3, 0.4) is 0 Å². The van der Waals surface area contributed by atoms with Gasteiger partial charge in [0, 0.05) is 0 Å². The summed E-state index contributed by atoms with van der Waals surface area (Å²) < 4.78 is 0. The zero-order valence-corrected chi connectivity index (χ0v) is 15.6. The number of hydrogen-bond donors (Lipinski definition) is 5. The molecule has 148 valence electrons. The highest BCUT2D eigenvalue weighted by Crippen LogP contribution is 2.20. The lowest BCUT2D eigenvalue weighted by Crippen LogP contribution is -2.33. The van der Waals surface area contributed by atoms with Crippen LogP contribution in [0.4, 0.5) is 17.3 Å². The second-order valence-corrected chi connectivity index (χ2v) is 6.16. The van der Waals surface area contributed by atoms with Crippen LogP contribution in [0.1, 0.15) is 11.1 Å². The van der Waals surface area contributed by atoms with Crippen LogP contribution < -0.4 is 27.4 Å². The number of nitrogens with one attached hydrogen (secondary N) is 4. The van der Waals surface area contributed by atoms with Gasteiger partial charge in [0.25, 0.3) is 0 Å². The zero-order valence-electron chi connectivity index (χ0n) is 15.6. The maximum absolute atomic E-state index is 12.0. The van der Waals surface area contributed by atoms with E-state index in [-0.39, 0.29) is 42.0 Å². The van der Waals surface area contributed by atoms with Crippen molar-refractivity contribution in [3.05, 3.63) is 78.1 Å². The van der Waals surface area contributed by atoms with Crippen LogP contribution in [-0.4, -0.2) is 21.8 Å². The van der Waals surface area contributed by atoms with Gasteiger partial charge in [-0.25, -0.2) is 9.97 Å². The molecule has 29 heavy (non-hydrogen) atoms. The van der Waals surface area contributed by atoms with E-state index in [0.717, 1.165) is 11.1 Å². The summed E-state index contributed by atoms with van der Waals surface area (Å²) in [5.74, 6) is -0.0813. The summed E-state index contributed by atoms with van der Waals surface area (Å²) in [5, 5.41) is 0. The van der Waals surface area contributed by atoms with Crippen LogP contribution in [0.15, 0.2) is 67.0 Å². The Labute approximate surface area is 167 Å². The first kappa shape index (κ1) is 19.6. The molecule has 0 aliphatic rings. The summed E-state index contributed by atoms with van der Waals surface area (Å²) in [7, 11) is 0. The molecule has 3 aromatic rings. The molecule has 0 fully saturated rings. The van der Waals surface area contributed by atoms with E-state index in [2.05, 4.69) is 31.7 Å². The van der Waals surface area contributed by atoms with Crippen LogP contribution in [0, 0.1) is 0 Å². The van der Waals surface area contributed by atoms with E-state index in [9.17, 15) is 9.59 Å². The molecule has 0 saturated heterocycles. The fourth-order valence-electron chi connectivity index (χ4n) is 2.50. The number of nitrogens with two attached hydrogens (primary N) is 1. The van der Waals surface area contributed by atoms with Gasteiger partial charge in [-0.3, -0.25) is 31.3 Å². The topological polar surface area (TPSA) is 134 Å². The molecule has 0 aliphatic heterocycles. The van der Waals surface area contributed by atoms with Crippen LogP contribution >= 0.6 is 0 Å². The average Bonchev–Trinajstić information content (AvgIpc) is 2.73. The van der Waals surface area contributed by atoms with Crippen molar-refractivity contribution in [3.8, 4) is 0 Å². The van der Waals surface area contributed by atoms with E-state index in [0.29, 0.717) is 0 Å². The van der Waals surface area contributed by atoms with E-state index >= 15 is 0 Å². The number of carbonyl (C=O) groups excluding carboxylic acids is 2. The molecule has 0 saturated carbocycles. The first-order valence-electron chi connectivity index (χ1n) is 8.90. The van der Waals surface area contributed by atoms with Gasteiger partial charge in [0.05, 0.1) is 12.8 Å². The molecule has 0 unspecified atom stereocenters. The fraction of sp³-hybridized carbons (Fsp3) is 0.100. The minimum absolute atomic E-state index is 0.146. The molecule has 0 radical (unpaired) electrons. The summed E-state index contributed by atoms with van der Waals surface area (Å²) in [6.07, 6.45) is 1.67. The second kappa shape index (κ2) is 9.70. The zero-order chi connectivity index (χ0) is 20.5. The Hall–Kier alpha value is -4.14. The molecule has 0 spiro atoms. The maximum Gasteiger partial charge on any atom is 0.242 e. The normalized spacial score (nSPS) is 10.1. The van der Waals surface area contributed by atoms with Crippen molar-refractivity contribution < 1.29 is 9.59 Å². The molecule has 1 heterocycles. The van der Waals surface area contributed by atoms with Gasteiger partial charge >= 0.3 is 0 Å². The first-order valence-corrected chi connectivity index (χ1v) is 8.90. The minimum Gasteiger partial charge on any atom is -0.393 e. The predicted octanol–water partition coefficient (Wildman–Crippen LogP) is 1.43. The Morgan fingerprint density at radius 3 is 1.55 bits per heavy atom. The van der Waals surface area contributed by atoms with Gasteiger partial charge in [0.2, 0.25) is 11.8 Å². The number of benzene rings is 2. The molecule has 2 aromatic carbocycles. The van der Waals surface area contributed by atoms with E-state index in [1.807, 2.05) is 60.7 Å². The molecule has 0 atom stereocenters. The third-order valence-electron chi connectivity index (χ3n) is 3.94. The molecule has 0 aliphatic carbocycles. The molecule has 6 N–H and O–H groups in total. The number of nitrogens with zero attached hydrogens (tertiary/aromatic N) is 2. The molecule has 9 heteroatoms. The van der Waals surface area contributed by atoms with Gasteiger partial charge in [-0.15, -0.1) is 0 Å². The summed E-state index contributed by atoms with van der Waals surface area (Å²) >= 11 is 0. The van der Waals surface area contributed by atoms with Crippen molar-refractivity contribution in [3.63, 3.8) is 0 Å². The minimum atomic E-state index is -0.250. The maximum atomic E-state index is 12.0. The summed E-state index contributed by atoms with van der Waals surface area (Å²) in [4.78, 5) is 32.1. The summed E-state index contributed by atoms with van der Waals surface area (Å²) in [6, 6.07) is 18.7. The van der Waals surface area contributed by atoms with Crippen molar-refractivity contribution in [2.24, 2.45) is 0 Å². The quantitative estimate of drug-likeness (QED) is 0.367. The Kier molecular flexibility index (Phi) is 6.56. The van der Waals surface area contributed by atoms with Gasteiger partial charge in [-0.1, -0.05) is 60.7 Å². The van der Waals surface area contributed by atoms with Crippen LogP contribution in [-0.2, 0) is 22.4 Å². The monoisotopic (exact) mass is 391 g/mol. The average molecular weight is 391 g/mol. The molecule has 0 bridgehead atoms. The number of hydrazine groups is 2. The van der Waals surface area contributed by atoms with E-state index < -0.39 is 0 Å². The first-order chi connectivity index (χ1) is 14.1. The van der Waals surface area contributed by atoms with E-state index in [4.69, 9.17) is 5.73 Å². The largest absolute Gasteiger partial charge is 0.393 e. The highest BCUT2D eigenvalue weighted by Gasteiger charge is 2.11. The molecule has 3 rings (SSSR count). The number of nitrogen functional groups attached to an aromatic ring is 1. The SMILES string of the molecule is Nc1c(NNC(=O)Cc2ccccc2)ncnc1NNC(=O)Cc1ccccc1. The number of amides is 2. The predicted molar refractivity (Wildman–Crippen MR) is 110 cm³/mol. The lowest BCUT2D eigenvalue weighted by molar-refractivity contribution is -0.120. The molecule has 9 nitrogen and oxygen atoms in total.